The van der Waals surface area contributed by atoms with Crippen molar-refractivity contribution in [1.29, 1.82) is 0 Å². The monoisotopic (exact) mass is 392 g/mol. The number of hydrogen-bond donors (Lipinski definition) is 1. The number of carbonyl (C=O) groups is 1. The van der Waals surface area contributed by atoms with E-state index in [4.69, 9.17) is 0 Å². The van der Waals surface area contributed by atoms with Gasteiger partial charge in [-0.2, -0.15) is 0 Å². The van der Waals surface area contributed by atoms with Crippen LogP contribution in [0.2, 0.25) is 0 Å². The van der Waals surface area contributed by atoms with Gasteiger partial charge in [0.15, 0.2) is 0 Å². The number of hydrogen-bond acceptors (Lipinski definition) is 2. The molecule has 0 radical (unpaired) electrons. The zero-order valence-corrected chi connectivity index (χ0v) is 14.6. The predicted octanol–water partition coefficient (Wildman–Crippen LogP) is 4.54. The van der Waals surface area contributed by atoms with E-state index in [0.29, 0.717) is 18.3 Å². The average Bonchev–Trinajstić information content (AvgIpc) is 3.16. The molecule has 0 atom stereocenters. The summed E-state index contributed by atoms with van der Waals surface area (Å²) in [6.07, 6.45) is 2.12. The molecule has 2 aromatic heterocycles. The Morgan fingerprint density at radius 3 is 2.74 bits per heavy atom. The second-order valence-electron chi connectivity index (χ2n) is 5.79. The van der Waals surface area contributed by atoms with Crippen LogP contribution in [-0.4, -0.2) is 16.5 Å². The molecule has 0 bridgehead atoms. The van der Waals surface area contributed by atoms with Gasteiger partial charge < -0.3 is 9.88 Å². The maximum Gasteiger partial charge on any atom is 0.268 e. The standard InChI is InChI=1S/C17H14BrFN2OS/c18-16-8-13-15(23-16)7-14(17(22)20-12-5-6-12)21(13)9-10-1-3-11(19)4-2-10/h1-4,7-8,12H,5-6,9H2,(H,20,22). The molecular weight excluding hydrogens is 379 g/mol. The second-order valence-corrected chi connectivity index (χ2v) is 8.25. The number of carbonyl (C=O) groups excluding carboxylic acids is 1. The molecule has 2 heterocycles. The molecule has 118 valence electrons. The number of aromatic nitrogens is 1. The Kier molecular flexibility index (Phi) is 3.73. The van der Waals surface area contributed by atoms with Gasteiger partial charge in [0.05, 0.1) is 14.0 Å². The van der Waals surface area contributed by atoms with Crippen LogP contribution in [0.4, 0.5) is 4.39 Å². The van der Waals surface area contributed by atoms with Gasteiger partial charge in [-0.1, -0.05) is 12.1 Å². The van der Waals surface area contributed by atoms with Crippen LogP contribution in [0.25, 0.3) is 10.2 Å². The van der Waals surface area contributed by atoms with Gasteiger partial charge in [-0.25, -0.2) is 4.39 Å². The first kappa shape index (κ1) is 14.9. The van der Waals surface area contributed by atoms with Gasteiger partial charge in [0, 0.05) is 12.6 Å². The number of thiophene rings is 1. The van der Waals surface area contributed by atoms with Gasteiger partial charge in [-0.05, 0) is 58.6 Å². The molecule has 1 N–H and O–H groups in total. The average molecular weight is 393 g/mol. The van der Waals surface area contributed by atoms with E-state index < -0.39 is 0 Å². The fourth-order valence-electron chi connectivity index (χ4n) is 2.63. The van der Waals surface area contributed by atoms with Crippen LogP contribution >= 0.6 is 27.3 Å². The summed E-state index contributed by atoms with van der Waals surface area (Å²) < 4.78 is 17.2. The predicted molar refractivity (Wildman–Crippen MR) is 93.5 cm³/mol. The van der Waals surface area contributed by atoms with Crippen LogP contribution in [-0.2, 0) is 6.54 Å². The van der Waals surface area contributed by atoms with Crippen molar-refractivity contribution in [2.45, 2.75) is 25.4 Å². The summed E-state index contributed by atoms with van der Waals surface area (Å²) in [6.45, 7) is 0.542. The molecule has 3 nitrogen and oxygen atoms in total. The van der Waals surface area contributed by atoms with E-state index in [0.717, 1.165) is 32.4 Å². The van der Waals surface area contributed by atoms with Crippen molar-refractivity contribution in [3.05, 3.63) is 57.3 Å². The third-order valence-electron chi connectivity index (χ3n) is 3.96. The first-order chi connectivity index (χ1) is 11.1. The summed E-state index contributed by atoms with van der Waals surface area (Å²) in [5.41, 5.74) is 2.65. The summed E-state index contributed by atoms with van der Waals surface area (Å²) in [4.78, 5) is 12.5. The quantitative estimate of drug-likeness (QED) is 0.694. The maximum absolute atomic E-state index is 13.1. The van der Waals surface area contributed by atoms with Gasteiger partial charge in [-0.3, -0.25) is 4.79 Å². The van der Waals surface area contributed by atoms with Crippen LogP contribution in [0.5, 0.6) is 0 Å². The van der Waals surface area contributed by atoms with E-state index in [9.17, 15) is 9.18 Å². The number of benzene rings is 1. The Labute approximate surface area is 145 Å². The fraction of sp³-hybridized carbons (Fsp3) is 0.235. The largest absolute Gasteiger partial charge is 0.348 e. The van der Waals surface area contributed by atoms with Crippen LogP contribution in [0.1, 0.15) is 28.9 Å². The summed E-state index contributed by atoms with van der Waals surface area (Å²) >= 11 is 5.11. The van der Waals surface area contributed by atoms with E-state index in [1.807, 2.05) is 16.7 Å². The smallest absolute Gasteiger partial charge is 0.268 e. The Hall–Kier alpha value is -1.66. The molecule has 1 fully saturated rings. The first-order valence-corrected chi connectivity index (χ1v) is 9.05. The topological polar surface area (TPSA) is 34.0 Å². The highest BCUT2D eigenvalue weighted by molar-refractivity contribution is 9.11. The lowest BCUT2D eigenvalue weighted by Crippen LogP contribution is -2.27. The molecule has 6 heteroatoms. The number of nitrogens with zero attached hydrogens (tertiary/aromatic N) is 1. The molecule has 0 saturated heterocycles. The molecule has 1 amide bonds. The third kappa shape index (κ3) is 3.05. The van der Waals surface area contributed by atoms with Crippen molar-refractivity contribution in [2.24, 2.45) is 0 Å². The van der Waals surface area contributed by atoms with Crippen molar-refractivity contribution in [3.63, 3.8) is 0 Å². The highest BCUT2D eigenvalue weighted by Crippen LogP contribution is 2.33. The molecule has 1 aliphatic carbocycles. The minimum atomic E-state index is -0.253. The van der Waals surface area contributed by atoms with Crippen LogP contribution in [0, 0.1) is 5.82 Å². The SMILES string of the molecule is O=C(NC1CC1)c1cc2sc(Br)cc2n1Cc1ccc(F)cc1. The lowest BCUT2D eigenvalue weighted by Gasteiger charge is -2.11. The number of halogens is 2. The second kappa shape index (κ2) is 5.76. The molecule has 3 aromatic rings. The van der Waals surface area contributed by atoms with Gasteiger partial charge >= 0.3 is 0 Å². The van der Waals surface area contributed by atoms with E-state index >= 15 is 0 Å². The summed E-state index contributed by atoms with van der Waals surface area (Å²) in [7, 11) is 0. The zero-order chi connectivity index (χ0) is 16.0. The van der Waals surface area contributed by atoms with Gasteiger partial charge in [0.2, 0.25) is 0 Å². The molecule has 23 heavy (non-hydrogen) atoms. The van der Waals surface area contributed by atoms with Crippen molar-refractivity contribution < 1.29 is 9.18 Å². The van der Waals surface area contributed by atoms with Gasteiger partial charge in [0.1, 0.15) is 11.5 Å². The molecule has 4 rings (SSSR count). The molecule has 1 saturated carbocycles. The Balaban J connectivity index is 1.74. The van der Waals surface area contributed by atoms with Gasteiger partial charge in [-0.15, -0.1) is 11.3 Å². The van der Waals surface area contributed by atoms with Crippen LogP contribution < -0.4 is 5.32 Å². The van der Waals surface area contributed by atoms with Crippen molar-refractivity contribution in [1.82, 2.24) is 9.88 Å². The molecule has 1 aromatic carbocycles. The first-order valence-electron chi connectivity index (χ1n) is 7.44. The third-order valence-corrected chi connectivity index (χ3v) is 5.53. The molecule has 0 spiro atoms. The van der Waals surface area contributed by atoms with Crippen LogP contribution in [0.3, 0.4) is 0 Å². The summed E-state index contributed by atoms with van der Waals surface area (Å²) in [5.74, 6) is -0.287. The van der Waals surface area contributed by atoms with E-state index in [-0.39, 0.29) is 11.7 Å². The number of nitrogens with one attached hydrogen (secondary N) is 1. The van der Waals surface area contributed by atoms with Gasteiger partial charge in [0.25, 0.3) is 5.91 Å². The lowest BCUT2D eigenvalue weighted by molar-refractivity contribution is 0.0942. The molecule has 1 aliphatic rings. The Morgan fingerprint density at radius 1 is 1.30 bits per heavy atom. The van der Waals surface area contributed by atoms with E-state index in [2.05, 4.69) is 21.2 Å². The minimum Gasteiger partial charge on any atom is -0.348 e. The van der Waals surface area contributed by atoms with E-state index in [1.165, 1.54) is 12.1 Å². The highest BCUT2D eigenvalue weighted by atomic mass is 79.9. The lowest BCUT2D eigenvalue weighted by atomic mass is 10.2. The molecular formula is C17H14BrFN2OS. The Bertz CT molecular complexity index is 880. The van der Waals surface area contributed by atoms with E-state index in [1.54, 1.807) is 23.5 Å². The molecule has 0 aliphatic heterocycles. The van der Waals surface area contributed by atoms with Crippen LogP contribution in [0.15, 0.2) is 40.2 Å². The number of rotatable bonds is 4. The van der Waals surface area contributed by atoms with Crippen molar-refractivity contribution in [3.8, 4) is 0 Å². The molecule has 0 unspecified atom stereocenters. The highest BCUT2D eigenvalue weighted by Gasteiger charge is 2.26. The number of amides is 1. The maximum atomic E-state index is 13.1. The fourth-order valence-corrected chi connectivity index (χ4v) is 4.19. The van der Waals surface area contributed by atoms with Crippen molar-refractivity contribution >= 4 is 43.4 Å². The van der Waals surface area contributed by atoms with Crippen molar-refractivity contribution in [2.75, 3.05) is 0 Å². The summed E-state index contributed by atoms with van der Waals surface area (Å²) in [5, 5.41) is 3.04. The summed E-state index contributed by atoms with van der Waals surface area (Å²) in [6, 6.07) is 10.7. The number of fused-ring (bicyclic) bond motifs is 1. The normalized spacial score (nSPS) is 14.3. The Morgan fingerprint density at radius 2 is 2.04 bits per heavy atom. The minimum absolute atomic E-state index is 0.0332. The zero-order valence-electron chi connectivity index (χ0n) is 12.2.